The van der Waals surface area contributed by atoms with Gasteiger partial charge in [0.2, 0.25) is 0 Å². The maximum absolute atomic E-state index is 3.35. The van der Waals surface area contributed by atoms with Crippen molar-refractivity contribution < 1.29 is 0 Å². The van der Waals surface area contributed by atoms with E-state index in [0.29, 0.717) is 0 Å². The summed E-state index contributed by atoms with van der Waals surface area (Å²) in [7, 11) is -0.479. The molecule has 1 unspecified atom stereocenters. The van der Waals surface area contributed by atoms with Crippen LogP contribution in [0.4, 0.5) is 0 Å². The number of allylic oxidation sites excluding steroid dienone is 6. The molecule has 0 amide bonds. The lowest BCUT2D eigenvalue weighted by atomic mass is 10.2. The van der Waals surface area contributed by atoms with E-state index in [-0.39, 0.29) is 4.75 Å². The molecule has 0 spiro atoms. The van der Waals surface area contributed by atoms with Crippen molar-refractivity contribution in [3.8, 4) is 0 Å². The maximum atomic E-state index is 3.35. The van der Waals surface area contributed by atoms with Gasteiger partial charge in [-0.15, -0.1) is 17.5 Å². The molecule has 1 radical (unpaired) electrons. The highest BCUT2D eigenvalue weighted by molar-refractivity contribution is 8.04. The van der Waals surface area contributed by atoms with Gasteiger partial charge in [-0.25, -0.2) is 0 Å². The average molecular weight is 337 g/mol. The lowest BCUT2D eigenvalue weighted by molar-refractivity contribution is 0.807. The predicted molar refractivity (Wildman–Crippen MR) is 106 cm³/mol. The Kier molecular flexibility index (Phi) is 5.12. The van der Waals surface area contributed by atoms with E-state index < -0.39 is 7.92 Å². The van der Waals surface area contributed by atoms with Gasteiger partial charge in [-0.2, -0.15) is 0 Å². The Morgan fingerprint density at radius 2 is 1.87 bits per heavy atom. The smallest absolute Gasteiger partial charge is 0.0244 e. The van der Waals surface area contributed by atoms with Crippen LogP contribution in [0, 0.1) is 6.42 Å². The van der Waals surface area contributed by atoms with E-state index in [9.17, 15) is 0 Å². The first-order valence-electron chi connectivity index (χ1n) is 7.94. The van der Waals surface area contributed by atoms with Gasteiger partial charge in [-0.3, -0.25) is 0 Å². The number of thioether (sulfide) groups is 1. The summed E-state index contributed by atoms with van der Waals surface area (Å²) in [6.45, 7) is 6.82. The Labute approximate surface area is 145 Å². The van der Waals surface area contributed by atoms with Gasteiger partial charge >= 0.3 is 0 Å². The van der Waals surface area contributed by atoms with Crippen LogP contribution in [0.25, 0.3) is 0 Å². The van der Waals surface area contributed by atoms with Crippen molar-refractivity contribution in [1.29, 1.82) is 0 Å². The van der Waals surface area contributed by atoms with Crippen LogP contribution in [0.5, 0.6) is 0 Å². The highest BCUT2D eigenvalue weighted by Gasteiger charge is 2.25. The SMILES string of the molecule is CC(C)(C)SC1=C(P(C2=C[CH]C=CC2)c2ccccc2)C=C=C1. The molecule has 23 heavy (non-hydrogen) atoms. The summed E-state index contributed by atoms with van der Waals surface area (Å²) in [6, 6.07) is 10.9. The summed E-state index contributed by atoms with van der Waals surface area (Å²) in [5.41, 5.74) is 3.35. The monoisotopic (exact) mass is 337 g/mol. The zero-order valence-corrected chi connectivity index (χ0v) is 15.6. The molecule has 0 bridgehead atoms. The Morgan fingerprint density at radius 3 is 2.52 bits per heavy atom. The third kappa shape index (κ3) is 4.18. The molecule has 0 saturated carbocycles. The summed E-state index contributed by atoms with van der Waals surface area (Å²) in [5, 5.41) is 4.39. The van der Waals surface area contributed by atoms with Gasteiger partial charge < -0.3 is 0 Å². The molecule has 2 aliphatic rings. The first-order chi connectivity index (χ1) is 11.0. The molecule has 3 rings (SSSR count). The third-order valence-corrected chi connectivity index (χ3v) is 7.40. The van der Waals surface area contributed by atoms with Crippen molar-refractivity contribution in [2.45, 2.75) is 31.9 Å². The Bertz CT molecular complexity index is 723. The molecule has 0 fully saturated rings. The van der Waals surface area contributed by atoms with Crippen molar-refractivity contribution in [3.63, 3.8) is 0 Å². The van der Waals surface area contributed by atoms with E-state index in [2.05, 4.69) is 93.6 Å². The van der Waals surface area contributed by atoms with Crippen LogP contribution >= 0.6 is 19.7 Å². The van der Waals surface area contributed by atoms with Gasteiger partial charge in [-0.1, -0.05) is 69.3 Å². The highest BCUT2D eigenvalue weighted by atomic mass is 32.2. The summed E-state index contributed by atoms with van der Waals surface area (Å²) < 4.78 is 0.210. The molecule has 1 aromatic carbocycles. The number of hydrogen-bond acceptors (Lipinski definition) is 1. The fourth-order valence-electron chi connectivity index (χ4n) is 2.63. The zero-order valence-electron chi connectivity index (χ0n) is 13.9. The van der Waals surface area contributed by atoms with E-state index in [1.807, 2.05) is 11.8 Å². The molecule has 0 aliphatic heterocycles. The van der Waals surface area contributed by atoms with Gasteiger partial charge in [0.1, 0.15) is 0 Å². The number of benzene rings is 1. The first kappa shape index (κ1) is 16.6. The largest absolute Gasteiger partial charge is 0.119 e. The van der Waals surface area contributed by atoms with Crippen LogP contribution in [0.3, 0.4) is 0 Å². The van der Waals surface area contributed by atoms with Crippen molar-refractivity contribution in [2.75, 3.05) is 0 Å². The molecule has 117 valence electrons. The van der Waals surface area contributed by atoms with Crippen LogP contribution in [0.15, 0.2) is 82.0 Å². The predicted octanol–water partition coefficient (Wildman–Crippen LogP) is 6.31. The Morgan fingerprint density at radius 1 is 1.09 bits per heavy atom. The van der Waals surface area contributed by atoms with Gasteiger partial charge in [0.25, 0.3) is 0 Å². The second-order valence-corrected chi connectivity index (χ2v) is 10.7. The molecule has 0 nitrogen and oxygen atoms in total. The molecular formula is C21H22PS. The molecule has 2 heteroatoms. The average Bonchev–Trinajstić information content (AvgIpc) is 2.96. The van der Waals surface area contributed by atoms with E-state index in [0.717, 1.165) is 6.42 Å². The van der Waals surface area contributed by atoms with Crippen molar-refractivity contribution in [2.24, 2.45) is 0 Å². The minimum Gasteiger partial charge on any atom is -0.119 e. The van der Waals surface area contributed by atoms with Crippen LogP contribution in [-0.2, 0) is 0 Å². The fourth-order valence-corrected chi connectivity index (χ4v) is 6.39. The van der Waals surface area contributed by atoms with Crippen molar-refractivity contribution >= 4 is 25.0 Å². The highest BCUT2D eigenvalue weighted by Crippen LogP contribution is 2.58. The summed E-state index contributed by atoms with van der Waals surface area (Å²) in [4.78, 5) is 1.38. The molecule has 0 heterocycles. The quantitative estimate of drug-likeness (QED) is 0.458. The Balaban J connectivity index is 2.03. The van der Waals surface area contributed by atoms with Gasteiger partial charge in [0.15, 0.2) is 0 Å². The van der Waals surface area contributed by atoms with Crippen molar-refractivity contribution in [3.05, 3.63) is 88.4 Å². The Hall–Kier alpha value is -1.26. The summed E-state index contributed by atoms with van der Waals surface area (Å²) in [6.07, 6.45) is 14.3. The van der Waals surface area contributed by atoms with Gasteiger partial charge in [0.05, 0.1) is 0 Å². The van der Waals surface area contributed by atoms with E-state index in [1.165, 1.54) is 20.8 Å². The maximum Gasteiger partial charge on any atom is 0.0244 e. The lowest BCUT2D eigenvalue weighted by Gasteiger charge is -2.26. The van der Waals surface area contributed by atoms with Crippen molar-refractivity contribution in [1.82, 2.24) is 0 Å². The normalized spacial score (nSPS) is 18.5. The van der Waals surface area contributed by atoms with E-state index in [1.54, 1.807) is 0 Å². The van der Waals surface area contributed by atoms with Crippen LogP contribution in [0.2, 0.25) is 0 Å². The molecule has 0 saturated heterocycles. The minimum atomic E-state index is -0.479. The number of hydrogen-bond donors (Lipinski definition) is 0. The zero-order chi connectivity index (χ0) is 16.3. The minimum absolute atomic E-state index is 0.210. The number of rotatable bonds is 4. The molecule has 1 aromatic rings. The summed E-state index contributed by atoms with van der Waals surface area (Å²) in [5.74, 6) is 0. The molecule has 2 aliphatic carbocycles. The molecule has 1 atom stereocenters. The second kappa shape index (κ2) is 7.10. The second-order valence-electron chi connectivity index (χ2n) is 6.57. The first-order valence-corrected chi connectivity index (χ1v) is 10.1. The van der Waals surface area contributed by atoms with Gasteiger partial charge in [0, 0.05) is 21.4 Å². The third-order valence-electron chi connectivity index (χ3n) is 3.51. The van der Waals surface area contributed by atoms with E-state index in [4.69, 9.17) is 0 Å². The van der Waals surface area contributed by atoms with Crippen LogP contribution in [0.1, 0.15) is 27.2 Å². The lowest BCUT2D eigenvalue weighted by Crippen LogP contribution is -2.09. The molecule has 0 aromatic heterocycles. The standard InChI is InChI=1S/C21H22PS/c1-21(2,3)23-20-16-10-15-19(20)22(17-11-6-4-7-12-17)18-13-8-5-9-14-18/h4-9,11-13,15-16H,14H2,1-3H3. The van der Waals surface area contributed by atoms with Crippen LogP contribution < -0.4 is 5.30 Å². The molecule has 0 N–H and O–H groups in total. The van der Waals surface area contributed by atoms with Crippen LogP contribution in [-0.4, -0.2) is 4.75 Å². The summed E-state index contributed by atoms with van der Waals surface area (Å²) >= 11 is 1.95. The van der Waals surface area contributed by atoms with Gasteiger partial charge in [-0.05, 0) is 37.1 Å². The fraction of sp³-hybridized carbons (Fsp3) is 0.238. The van der Waals surface area contributed by atoms with E-state index >= 15 is 0 Å². The molecular weight excluding hydrogens is 315 g/mol. The topological polar surface area (TPSA) is 0 Å².